The molecular weight excluding hydrogens is 318 g/mol. The number of likely N-dealkylation sites (tertiary alicyclic amines) is 1. The van der Waals surface area contributed by atoms with Crippen molar-refractivity contribution in [3.8, 4) is 0 Å². The number of amides is 1. The van der Waals surface area contributed by atoms with E-state index in [1.807, 2.05) is 0 Å². The number of nitrogens with zero attached hydrogens (tertiary/aromatic N) is 2. The molecule has 124 valence electrons. The van der Waals surface area contributed by atoms with Crippen molar-refractivity contribution in [1.82, 2.24) is 10.2 Å². The minimum atomic E-state index is -0.435. The highest BCUT2D eigenvalue weighted by atomic mass is 35.5. The van der Waals surface area contributed by atoms with E-state index < -0.39 is 4.92 Å². The Morgan fingerprint density at radius 1 is 1.39 bits per heavy atom. The van der Waals surface area contributed by atoms with Crippen molar-refractivity contribution in [2.24, 2.45) is 5.92 Å². The van der Waals surface area contributed by atoms with E-state index in [1.165, 1.54) is 18.6 Å². The molecular formula is C16H20ClN3O3. The maximum absolute atomic E-state index is 11.5. The summed E-state index contributed by atoms with van der Waals surface area (Å²) < 4.78 is 0. The van der Waals surface area contributed by atoms with Crippen LogP contribution in [0.2, 0.25) is 5.02 Å². The monoisotopic (exact) mass is 337 g/mol. The lowest BCUT2D eigenvalue weighted by Gasteiger charge is -2.39. The Labute approximate surface area is 139 Å². The zero-order valence-corrected chi connectivity index (χ0v) is 13.6. The average Bonchev–Trinajstić information content (AvgIpc) is 2.96. The molecule has 2 aliphatic heterocycles. The van der Waals surface area contributed by atoms with Crippen LogP contribution in [0.25, 0.3) is 0 Å². The van der Waals surface area contributed by atoms with Crippen LogP contribution in [-0.4, -0.2) is 34.9 Å². The van der Waals surface area contributed by atoms with E-state index in [1.54, 1.807) is 6.07 Å². The van der Waals surface area contributed by atoms with E-state index >= 15 is 0 Å². The molecule has 0 aromatic heterocycles. The molecule has 7 heteroatoms. The topological polar surface area (TPSA) is 75.5 Å². The molecule has 0 aliphatic carbocycles. The summed E-state index contributed by atoms with van der Waals surface area (Å²) in [5, 5.41) is 14.2. The van der Waals surface area contributed by atoms with Crippen molar-refractivity contribution < 1.29 is 9.72 Å². The van der Waals surface area contributed by atoms with Gasteiger partial charge >= 0.3 is 0 Å². The molecule has 0 bridgehead atoms. The fraction of sp³-hybridized carbons (Fsp3) is 0.562. The summed E-state index contributed by atoms with van der Waals surface area (Å²) in [6, 6.07) is 5.02. The number of hydrogen-bond acceptors (Lipinski definition) is 4. The maximum Gasteiger partial charge on any atom is 0.270 e. The average molecular weight is 338 g/mol. The molecule has 23 heavy (non-hydrogen) atoms. The summed E-state index contributed by atoms with van der Waals surface area (Å²) >= 11 is 6.23. The van der Waals surface area contributed by atoms with Gasteiger partial charge in [-0.2, -0.15) is 0 Å². The molecule has 1 N–H and O–H groups in total. The molecule has 2 atom stereocenters. The van der Waals surface area contributed by atoms with Crippen LogP contribution in [0.15, 0.2) is 18.2 Å². The second-order valence-corrected chi connectivity index (χ2v) is 6.74. The second kappa shape index (κ2) is 6.84. The molecule has 0 radical (unpaired) electrons. The summed E-state index contributed by atoms with van der Waals surface area (Å²) in [4.78, 5) is 24.3. The van der Waals surface area contributed by atoms with Gasteiger partial charge in [0.15, 0.2) is 0 Å². The van der Waals surface area contributed by atoms with E-state index in [0.29, 0.717) is 29.9 Å². The Hall–Kier alpha value is -1.66. The van der Waals surface area contributed by atoms with Gasteiger partial charge in [-0.3, -0.25) is 19.8 Å². The van der Waals surface area contributed by atoms with Crippen LogP contribution in [0.5, 0.6) is 0 Å². The predicted molar refractivity (Wildman–Crippen MR) is 87.3 cm³/mol. The largest absolute Gasteiger partial charge is 0.356 e. The first-order valence-electron chi connectivity index (χ1n) is 7.98. The third-order valence-corrected chi connectivity index (χ3v) is 5.19. The lowest BCUT2D eigenvalue weighted by Crippen LogP contribution is -2.44. The van der Waals surface area contributed by atoms with Gasteiger partial charge in [-0.25, -0.2) is 0 Å². The van der Waals surface area contributed by atoms with Crippen LogP contribution >= 0.6 is 11.6 Å². The smallest absolute Gasteiger partial charge is 0.270 e. The minimum Gasteiger partial charge on any atom is -0.356 e. The third-order valence-electron chi connectivity index (χ3n) is 4.84. The number of non-ortho nitro benzene ring substituents is 1. The van der Waals surface area contributed by atoms with Crippen molar-refractivity contribution in [1.29, 1.82) is 0 Å². The number of halogens is 1. The van der Waals surface area contributed by atoms with E-state index in [2.05, 4.69) is 10.2 Å². The van der Waals surface area contributed by atoms with Crippen LogP contribution in [0.4, 0.5) is 5.69 Å². The van der Waals surface area contributed by atoms with Crippen molar-refractivity contribution in [2.75, 3.05) is 13.1 Å². The molecule has 3 rings (SSSR count). The van der Waals surface area contributed by atoms with Crippen molar-refractivity contribution in [3.05, 3.63) is 38.9 Å². The fourth-order valence-corrected chi connectivity index (χ4v) is 3.88. The van der Waals surface area contributed by atoms with Crippen LogP contribution in [0, 0.1) is 16.0 Å². The van der Waals surface area contributed by atoms with Gasteiger partial charge in [0.05, 0.1) is 9.95 Å². The highest BCUT2D eigenvalue weighted by molar-refractivity contribution is 6.31. The Kier molecular flexibility index (Phi) is 4.82. The van der Waals surface area contributed by atoms with Gasteiger partial charge < -0.3 is 5.32 Å². The number of nitro groups is 1. The first-order valence-corrected chi connectivity index (χ1v) is 8.36. The van der Waals surface area contributed by atoms with Gasteiger partial charge in [-0.05, 0) is 31.0 Å². The molecule has 1 aromatic rings. The van der Waals surface area contributed by atoms with Crippen LogP contribution in [-0.2, 0) is 11.3 Å². The molecule has 6 nitrogen and oxygen atoms in total. The molecule has 2 aliphatic rings. The summed E-state index contributed by atoms with van der Waals surface area (Å²) in [7, 11) is 0. The maximum atomic E-state index is 11.5. The molecule has 0 spiro atoms. The van der Waals surface area contributed by atoms with Crippen LogP contribution in [0.1, 0.15) is 31.2 Å². The van der Waals surface area contributed by atoms with Crippen LogP contribution < -0.4 is 5.32 Å². The molecule has 2 saturated heterocycles. The van der Waals surface area contributed by atoms with E-state index in [0.717, 1.165) is 31.5 Å². The van der Waals surface area contributed by atoms with Gasteiger partial charge in [0.25, 0.3) is 5.69 Å². The van der Waals surface area contributed by atoms with E-state index in [-0.39, 0.29) is 11.6 Å². The first kappa shape index (κ1) is 16.2. The molecule has 2 heterocycles. The zero-order chi connectivity index (χ0) is 16.4. The summed E-state index contributed by atoms with van der Waals surface area (Å²) in [6.45, 7) is 2.39. The summed E-state index contributed by atoms with van der Waals surface area (Å²) in [5.41, 5.74) is 0.918. The Balaban J connectivity index is 1.74. The van der Waals surface area contributed by atoms with Crippen LogP contribution in [0.3, 0.4) is 0 Å². The van der Waals surface area contributed by atoms with E-state index in [9.17, 15) is 14.9 Å². The number of rotatable bonds is 4. The van der Waals surface area contributed by atoms with E-state index in [4.69, 9.17) is 11.6 Å². The molecule has 1 aromatic carbocycles. The highest BCUT2D eigenvalue weighted by Gasteiger charge is 2.34. The quantitative estimate of drug-likeness (QED) is 0.677. The molecule has 0 saturated carbocycles. The van der Waals surface area contributed by atoms with Crippen molar-refractivity contribution in [3.63, 3.8) is 0 Å². The number of benzene rings is 1. The number of nitrogens with one attached hydrogen (secondary N) is 1. The van der Waals surface area contributed by atoms with Gasteiger partial charge in [-0.1, -0.05) is 18.0 Å². The predicted octanol–water partition coefficient (Wildman–Crippen LogP) is 2.74. The third kappa shape index (κ3) is 3.64. The Bertz CT molecular complexity index is 623. The molecule has 1 amide bonds. The van der Waals surface area contributed by atoms with Crippen molar-refractivity contribution in [2.45, 2.75) is 38.3 Å². The normalized spacial score (nSPS) is 25.3. The van der Waals surface area contributed by atoms with Gasteiger partial charge in [-0.15, -0.1) is 0 Å². The minimum absolute atomic E-state index is 0.0135. The Morgan fingerprint density at radius 3 is 2.87 bits per heavy atom. The zero-order valence-electron chi connectivity index (χ0n) is 12.8. The highest BCUT2D eigenvalue weighted by Crippen LogP contribution is 2.31. The number of carbonyl (C=O) groups excluding carboxylic acids is 1. The Morgan fingerprint density at radius 2 is 2.22 bits per heavy atom. The number of nitro benzene ring substituents is 1. The number of carbonyl (C=O) groups is 1. The summed E-state index contributed by atoms with van der Waals surface area (Å²) in [6.07, 6.45) is 3.99. The number of hydrogen-bond donors (Lipinski definition) is 1. The SMILES string of the molecule is O=C1C[C@@H]([C@@H]2CCCCN2Cc2ccc([N+](=O)[O-])cc2Cl)CN1. The van der Waals surface area contributed by atoms with Gasteiger partial charge in [0.1, 0.15) is 0 Å². The van der Waals surface area contributed by atoms with Gasteiger partial charge in [0, 0.05) is 43.6 Å². The molecule has 2 fully saturated rings. The lowest BCUT2D eigenvalue weighted by atomic mass is 9.89. The second-order valence-electron chi connectivity index (χ2n) is 6.33. The molecule has 0 unspecified atom stereocenters. The number of piperidine rings is 1. The van der Waals surface area contributed by atoms with Gasteiger partial charge in [0.2, 0.25) is 5.91 Å². The fourth-order valence-electron chi connectivity index (χ4n) is 3.64. The standard InChI is InChI=1S/C16H20ClN3O3/c17-14-8-13(20(22)23)5-4-11(14)10-19-6-2-1-3-15(19)12-7-16(21)18-9-12/h4-5,8,12,15H,1-3,6-7,9-10H2,(H,18,21)/t12-,15+/m1/s1. The lowest BCUT2D eigenvalue weighted by molar-refractivity contribution is -0.384. The first-order chi connectivity index (χ1) is 11.0. The van der Waals surface area contributed by atoms with Crippen molar-refractivity contribution >= 4 is 23.2 Å². The summed E-state index contributed by atoms with van der Waals surface area (Å²) in [5.74, 6) is 0.480.